The molecule has 21 heavy (non-hydrogen) atoms. The third-order valence-electron chi connectivity index (χ3n) is 4.52. The van der Waals surface area contributed by atoms with Gasteiger partial charge in [-0.05, 0) is 57.6 Å². The van der Waals surface area contributed by atoms with Gasteiger partial charge >= 0.3 is 0 Å². The standard InChI is InChI=1S/C17H27ClN2O/c1-19-16(14-5-7-15(18)8-6-14)9-12-20(2)13-17(21)10-3-4-11-17/h5-8,16,19,21H,3-4,9-13H2,1-2H3. The number of benzene rings is 1. The van der Waals surface area contributed by atoms with Crippen LogP contribution in [0.3, 0.4) is 0 Å². The van der Waals surface area contributed by atoms with Crippen LogP contribution in [-0.4, -0.2) is 42.8 Å². The number of halogens is 1. The van der Waals surface area contributed by atoms with Crippen molar-refractivity contribution in [3.63, 3.8) is 0 Å². The summed E-state index contributed by atoms with van der Waals surface area (Å²) in [7, 11) is 4.09. The molecule has 1 saturated carbocycles. The van der Waals surface area contributed by atoms with Gasteiger partial charge < -0.3 is 15.3 Å². The highest BCUT2D eigenvalue weighted by Gasteiger charge is 2.32. The van der Waals surface area contributed by atoms with Gasteiger partial charge in [0, 0.05) is 17.6 Å². The third-order valence-corrected chi connectivity index (χ3v) is 4.77. The summed E-state index contributed by atoms with van der Waals surface area (Å²) in [5, 5.41) is 14.6. The van der Waals surface area contributed by atoms with E-state index in [9.17, 15) is 5.11 Å². The lowest BCUT2D eigenvalue weighted by atomic mass is 10.0. The smallest absolute Gasteiger partial charge is 0.0774 e. The molecule has 1 atom stereocenters. The molecular weight excluding hydrogens is 284 g/mol. The van der Waals surface area contributed by atoms with Gasteiger partial charge in [-0.1, -0.05) is 36.6 Å². The molecule has 0 radical (unpaired) electrons. The Hall–Kier alpha value is -0.610. The van der Waals surface area contributed by atoms with Crippen LogP contribution >= 0.6 is 11.6 Å². The summed E-state index contributed by atoms with van der Waals surface area (Å²) in [5.74, 6) is 0. The van der Waals surface area contributed by atoms with E-state index in [1.54, 1.807) is 0 Å². The van der Waals surface area contributed by atoms with Crippen molar-refractivity contribution < 1.29 is 5.11 Å². The molecule has 2 N–H and O–H groups in total. The summed E-state index contributed by atoms with van der Waals surface area (Å²) in [6.45, 7) is 1.75. The first-order valence-electron chi connectivity index (χ1n) is 7.86. The maximum atomic E-state index is 10.5. The monoisotopic (exact) mass is 310 g/mol. The average molecular weight is 311 g/mol. The molecule has 2 rings (SSSR count). The highest BCUT2D eigenvalue weighted by atomic mass is 35.5. The molecule has 0 aromatic heterocycles. The lowest BCUT2D eigenvalue weighted by Crippen LogP contribution is -2.40. The van der Waals surface area contributed by atoms with E-state index in [0.29, 0.717) is 6.04 Å². The lowest BCUT2D eigenvalue weighted by molar-refractivity contribution is 0.0157. The highest BCUT2D eigenvalue weighted by Crippen LogP contribution is 2.30. The zero-order chi connectivity index (χ0) is 15.3. The SMILES string of the molecule is CNC(CCN(C)CC1(O)CCCC1)c1ccc(Cl)cc1. The maximum Gasteiger partial charge on any atom is 0.0774 e. The minimum atomic E-state index is -0.454. The molecule has 118 valence electrons. The van der Waals surface area contributed by atoms with Crippen molar-refractivity contribution >= 4 is 11.6 Å². The van der Waals surface area contributed by atoms with Gasteiger partial charge in [-0.2, -0.15) is 0 Å². The van der Waals surface area contributed by atoms with E-state index in [0.717, 1.165) is 50.2 Å². The van der Waals surface area contributed by atoms with Crippen LogP contribution in [0.25, 0.3) is 0 Å². The van der Waals surface area contributed by atoms with Crippen LogP contribution in [0.15, 0.2) is 24.3 Å². The second-order valence-electron chi connectivity index (χ2n) is 6.35. The summed E-state index contributed by atoms with van der Waals surface area (Å²) in [6, 6.07) is 8.35. The van der Waals surface area contributed by atoms with Crippen molar-refractivity contribution in [3.05, 3.63) is 34.9 Å². The quantitative estimate of drug-likeness (QED) is 0.811. The van der Waals surface area contributed by atoms with E-state index in [-0.39, 0.29) is 0 Å². The van der Waals surface area contributed by atoms with Gasteiger partial charge in [0.25, 0.3) is 0 Å². The van der Waals surface area contributed by atoms with Crippen molar-refractivity contribution in [3.8, 4) is 0 Å². The average Bonchev–Trinajstić information content (AvgIpc) is 2.87. The van der Waals surface area contributed by atoms with Crippen molar-refractivity contribution in [1.29, 1.82) is 0 Å². The van der Waals surface area contributed by atoms with Crippen molar-refractivity contribution in [1.82, 2.24) is 10.2 Å². The van der Waals surface area contributed by atoms with Gasteiger partial charge in [0.15, 0.2) is 0 Å². The number of likely N-dealkylation sites (N-methyl/N-ethyl adjacent to an activating group) is 1. The fraction of sp³-hybridized carbons (Fsp3) is 0.647. The number of nitrogens with one attached hydrogen (secondary N) is 1. The van der Waals surface area contributed by atoms with Gasteiger partial charge in [-0.3, -0.25) is 0 Å². The number of hydrogen-bond acceptors (Lipinski definition) is 3. The second kappa shape index (κ2) is 7.59. The van der Waals surface area contributed by atoms with E-state index in [2.05, 4.69) is 29.4 Å². The Morgan fingerprint density at radius 2 is 1.90 bits per heavy atom. The Morgan fingerprint density at radius 3 is 2.48 bits per heavy atom. The van der Waals surface area contributed by atoms with Crippen molar-refractivity contribution in [2.75, 3.05) is 27.2 Å². The summed E-state index contributed by atoms with van der Waals surface area (Å²) < 4.78 is 0. The van der Waals surface area contributed by atoms with E-state index in [1.165, 1.54) is 5.56 Å². The predicted molar refractivity (Wildman–Crippen MR) is 88.8 cm³/mol. The normalized spacial score (nSPS) is 19.1. The van der Waals surface area contributed by atoms with Crippen LogP contribution in [0.1, 0.15) is 43.7 Å². The molecule has 0 heterocycles. The molecular formula is C17H27ClN2O. The summed E-state index contributed by atoms with van der Waals surface area (Å²) in [6.07, 6.45) is 5.24. The second-order valence-corrected chi connectivity index (χ2v) is 6.79. The van der Waals surface area contributed by atoms with E-state index in [1.807, 2.05) is 19.2 Å². The minimum absolute atomic E-state index is 0.322. The largest absolute Gasteiger partial charge is 0.389 e. The molecule has 1 fully saturated rings. The Bertz CT molecular complexity index is 429. The Labute approximate surface area is 133 Å². The van der Waals surface area contributed by atoms with Crippen LogP contribution in [0.5, 0.6) is 0 Å². The van der Waals surface area contributed by atoms with Crippen LogP contribution in [0.4, 0.5) is 0 Å². The molecule has 0 amide bonds. The van der Waals surface area contributed by atoms with Crippen molar-refractivity contribution in [2.45, 2.75) is 43.7 Å². The molecule has 1 unspecified atom stereocenters. The summed E-state index contributed by atoms with van der Waals surface area (Å²) in [4.78, 5) is 2.26. The van der Waals surface area contributed by atoms with Crippen LogP contribution in [0.2, 0.25) is 5.02 Å². The first-order valence-corrected chi connectivity index (χ1v) is 8.24. The maximum absolute atomic E-state index is 10.5. The molecule has 1 aliphatic rings. The molecule has 1 aromatic rings. The van der Waals surface area contributed by atoms with Crippen LogP contribution in [0, 0.1) is 0 Å². The summed E-state index contributed by atoms with van der Waals surface area (Å²) >= 11 is 5.94. The van der Waals surface area contributed by atoms with E-state index < -0.39 is 5.60 Å². The fourth-order valence-corrected chi connectivity index (χ4v) is 3.42. The zero-order valence-corrected chi connectivity index (χ0v) is 13.9. The van der Waals surface area contributed by atoms with E-state index >= 15 is 0 Å². The van der Waals surface area contributed by atoms with Crippen LogP contribution in [-0.2, 0) is 0 Å². The Morgan fingerprint density at radius 1 is 1.29 bits per heavy atom. The van der Waals surface area contributed by atoms with E-state index in [4.69, 9.17) is 11.6 Å². The zero-order valence-electron chi connectivity index (χ0n) is 13.1. The highest BCUT2D eigenvalue weighted by molar-refractivity contribution is 6.30. The first kappa shape index (κ1) is 16.8. The molecule has 1 aromatic carbocycles. The Kier molecular flexibility index (Phi) is 6.06. The molecule has 0 bridgehead atoms. The molecule has 0 aliphatic heterocycles. The number of rotatable bonds is 7. The lowest BCUT2D eigenvalue weighted by Gasteiger charge is -2.29. The molecule has 3 nitrogen and oxygen atoms in total. The molecule has 0 spiro atoms. The molecule has 0 saturated heterocycles. The van der Waals surface area contributed by atoms with Gasteiger partial charge in [-0.25, -0.2) is 0 Å². The molecule has 4 heteroatoms. The number of nitrogens with zero attached hydrogens (tertiary/aromatic N) is 1. The van der Waals surface area contributed by atoms with Gasteiger partial charge in [-0.15, -0.1) is 0 Å². The minimum Gasteiger partial charge on any atom is -0.389 e. The van der Waals surface area contributed by atoms with Crippen molar-refractivity contribution in [2.24, 2.45) is 0 Å². The van der Waals surface area contributed by atoms with Gasteiger partial charge in [0.1, 0.15) is 0 Å². The van der Waals surface area contributed by atoms with Crippen LogP contribution < -0.4 is 5.32 Å². The fourth-order valence-electron chi connectivity index (χ4n) is 3.29. The summed E-state index contributed by atoms with van der Waals surface area (Å²) in [5.41, 5.74) is 0.805. The Balaban J connectivity index is 1.83. The number of aliphatic hydroxyl groups is 1. The third kappa shape index (κ3) is 4.96. The van der Waals surface area contributed by atoms with Gasteiger partial charge in [0.05, 0.1) is 5.60 Å². The first-order chi connectivity index (χ1) is 10.0. The van der Waals surface area contributed by atoms with Gasteiger partial charge in [0.2, 0.25) is 0 Å². The predicted octanol–water partition coefficient (Wildman–Crippen LogP) is 3.23. The number of hydrogen-bond donors (Lipinski definition) is 2. The topological polar surface area (TPSA) is 35.5 Å². The molecule has 1 aliphatic carbocycles.